The van der Waals surface area contributed by atoms with E-state index < -0.39 is 5.54 Å². The monoisotopic (exact) mass is 535 g/mol. The van der Waals surface area contributed by atoms with Crippen molar-refractivity contribution in [2.75, 3.05) is 18.4 Å². The van der Waals surface area contributed by atoms with Crippen molar-refractivity contribution in [1.29, 1.82) is 0 Å². The second-order valence-corrected chi connectivity index (χ2v) is 9.38. The largest absolute Gasteiger partial charge is 0.368 e. The van der Waals surface area contributed by atoms with Crippen molar-refractivity contribution in [2.45, 2.75) is 19.4 Å². The molecule has 2 aromatic heterocycles. The molecule has 0 saturated carbocycles. The summed E-state index contributed by atoms with van der Waals surface area (Å²) in [6, 6.07) is 20.8. The average molecular weight is 536 g/mol. The Labute approximate surface area is 231 Å². The van der Waals surface area contributed by atoms with Gasteiger partial charge in [-0.3, -0.25) is 19.3 Å². The van der Waals surface area contributed by atoms with E-state index in [2.05, 4.69) is 25.9 Å². The molecule has 40 heavy (non-hydrogen) atoms. The third kappa shape index (κ3) is 5.60. The number of rotatable bonds is 8. The van der Waals surface area contributed by atoms with E-state index in [-0.39, 0.29) is 17.7 Å². The van der Waals surface area contributed by atoms with Gasteiger partial charge in [-0.2, -0.15) is 0 Å². The van der Waals surface area contributed by atoms with Crippen LogP contribution in [0.15, 0.2) is 91.3 Å². The van der Waals surface area contributed by atoms with Gasteiger partial charge in [-0.15, -0.1) is 0 Å². The van der Waals surface area contributed by atoms with Gasteiger partial charge < -0.3 is 20.9 Å². The van der Waals surface area contributed by atoms with Crippen molar-refractivity contribution < 1.29 is 14.4 Å². The molecule has 1 aliphatic heterocycles. The number of anilines is 1. The number of aromatic nitrogens is 3. The number of hydrogen-bond donors (Lipinski definition) is 4. The molecule has 0 unspecified atom stereocenters. The zero-order valence-corrected chi connectivity index (χ0v) is 22.1. The molecule has 0 bridgehead atoms. The molecule has 202 valence electrons. The highest BCUT2D eigenvalue weighted by atomic mass is 16.2. The standard InChI is InChI=1S/C30H29N7O3/c1-20(38)31-15-16-32-27-24-19-25(33-28(24)35-26(34-27)22-9-5-3-6-10-22)29(40)37-17-13-30(14-18-37,36-21(2)39)23-11-7-4-8-12-23/h3-14,17-19H,15-16H2,1-2H3,(H,31,38)(H,36,39)(H2,32,33,34,35). The SMILES string of the molecule is CC(=O)NCCNc1nc(-c2ccccc2)nc2[nH]c(C(=O)N3C=CC(NC(C)=O)(c4ccccc4)C=C3)cc12. The molecule has 1 aliphatic rings. The van der Waals surface area contributed by atoms with Crippen LogP contribution in [0.25, 0.3) is 22.4 Å². The van der Waals surface area contributed by atoms with Gasteiger partial charge >= 0.3 is 0 Å². The number of aromatic amines is 1. The van der Waals surface area contributed by atoms with Gasteiger partial charge in [0.15, 0.2) is 5.82 Å². The number of nitrogens with one attached hydrogen (secondary N) is 4. The normalized spacial score (nSPS) is 13.7. The van der Waals surface area contributed by atoms with Gasteiger partial charge in [-0.05, 0) is 23.8 Å². The molecule has 10 nitrogen and oxygen atoms in total. The molecule has 0 aliphatic carbocycles. The van der Waals surface area contributed by atoms with E-state index in [9.17, 15) is 14.4 Å². The number of benzene rings is 2. The first-order chi connectivity index (χ1) is 19.3. The summed E-state index contributed by atoms with van der Waals surface area (Å²) in [5, 5.41) is 9.63. The lowest BCUT2D eigenvalue weighted by Crippen LogP contribution is -2.44. The first kappa shape index (κ1) is 26.4. The highest BCUT2D eigenvalue weighted by Gasteiger charge is 2.31. The zero-order chi connectivity index (χ0) is 28.1. The molecule has 3 heterocycles. The summed E-state index contributed by atoms with van der Waals surface area (Å²) in [6.07, 6.45) is 6.86. The Bertz CT molecular complexity index is 1600. The summed E-state index contributed by atoms with van der Waals surface area (Å²) >= 11 is 0. The predicted molar refractivity (Wildman–Crippen MR) is 153 cm³/mol. The summed E-state index contributed by atoms with van der Waals surface area (Å²) < 4.78 is 0. The molecule has 2 aromatic carbocycles. The maximum atomic E-state index is 13.5. The molecule has 10 heteroatoms. The molecule has 3 amide bonds. The summed E-state index contributed by atoms with van der Waals surface area (Å²) in [4.78, 5) is 50.8. The van der Waals surface area contributed by atoms with Gasteiger partial charge in [0.2, 0.25) is 11.8 Å². The van der Waals surface area contributed by atoms with Gasteiger partial charge in [0.1, 0.15) is 22.7 Å². The van der Waals surface area contributed by atoms with E-state index >= 15 is 0 Å². The quantitative estimate of drug-likeness (QED) is 0.255. The minimum atomic E-state index is -0.870. The third-order valence-corrected chi connectivity index (χ3v) is 6.41. The second-order valence-electron chi connectivity index (χ2n) is 9.38. The first-order valence-corrected chi connectivity index (χ1v) is 12.8. The van der Waals surface area contributed by atoms with Crippen LogP contribution in [0, 0.1) is 0 Å². The Hall–Kier alpha value is -5.25. The van der Waals surface area contributed by atoms with Crippen LogP contribution in [0.3, 0.4) is 0 Å². The third-order valence-electron chi connectivity index (χ3n) is 6.41. The number of nitrogens with zero attached hydrogens (tertiary/aromatic N) is 3. The molecule has 5 rings (SSSR count). The minimum absolute atomic E-state index is 0.119. The van der Waals surface area contributed by atoms with Crippen LogP contribution < -0.4 is 16.0 Å². The molecular formula is C30H29N7O3. The molecule has 4 aromatic rings. The van der Waals surface area contributed by atoms with Crippen LogP contribution in [0.2, 0.25) is 0 Å². The van der Waals surface area contributed by atoms with Crippen LogP contribution >= 0.6 is 0 Å². The smallest absolute Gasteiger partial charge is 0.278 e. The Morgan fingerprint density at radius 3 is 2.20 bits per heavy atom. The van der Waals surface area contributed by atoms with E-state index in [1.54, 1.807) is 30.6 Å². The van der Waals surface area contributed by atoms with E-state index in [0.717, 1.165) is 11.1 Å². The molecule has 4 N–H and O–H groups in total. The fourth-order valence-corrected chi connectivity index (χ4v) is 4.52. The van der Waals surface area contributed by atoms with Gasteiger partial charge in [0.25, 0.3) is 5.91 Å². The fraction of sp³-hybridized carbons (Fsp3) is 0.167. The van der Waals surface area contributed by atoms with Crippen LogP contribution in [0.5, 0.6) is 0 Å². The van der Waals surface area contributed by atoms with E-state index in [4.69, 9.17) is 4.98 Å². The summed E-state index contributed by atoms with van der Waals surface area (Å²) in [6.45, 7) is 3.78. The lowest BCUT2D eigenvalue weighted by molar-refractivity contribution is -0.120. The lowest BCUT2D eigenvalue weighted by Gasteiger charge is -2.33. The van der Waals surface area contributed by atoms with Gasteiger partial charge in [0.05, 0.1) is 5.39 Å². The van der Waals surface area contributed by atoms with Crippen molar-refractivity contribution in [2.24, 2.45) is 0 Å². The molecular weight excluding hydrogens is 506 g/mol. The molecule has 0 fully saturated rings. The van der Waals surface area contributed by atoms with Crippen molar-refractivity contribution in [3.63, 3.8) is 0 Å². The Balaban J connectivity index is 1.45. The van der Waals surface area contributed by atoms with Crippen LogP contribution in [0.1, 0.15) is 29.9 Å². The summed E-state index contributed by atoms with van der Waals surface area (Å²) in [5.74, 6) is 0.423. The first-order valence-electron chi connectivity index (χ1n) is 12.8. The molecule has 0 radical (unpaired) electrons. The van der Waals surface area contributed by atoms with Gasteiger partial charge in [-0.1, -0.05) is 60.7 Å². The predicted octanol–water partition coefficient (Wildman–Crippen LogP) is 3.69. The number of carbonyl (C=O) groups excluding carboxylic acids is 3. The Morgan fingerprint density at radius 2 is 1.55 bits per heavy atom. The van der Waals surface area contributed by atoms with Crippen LogP contribution in [-0.2, 0) is 15.1 Å². The number of H-pyrrole nitrogens is 1. The van der Waals surface area contributed by atoms with Crippen molar-refractivity contribution in [1.82, 2.24) is 30.5 Å². The number of fused-ring (bicyclic) bond motifs is 1. The summed E-state index contributed by atoms with van der Waals surface area (Å²) in [5.41, 5.74) is 1.65. The van der Waals surface area contributed by atoms with Crippen molar-refractivity contribution >= 4 is 34.6 Å². The highest BCUT2D eigenvalue weighted by molar-refractivity contribution is 6.01. The second kappa shape index (κ2) is 11.2. The van der Waals surface area contributed by atoms with E-state index in [1.807, 2.05) is 60.7 Å². The maximum absolute atomic E-state index is 13.5. The molecule has 0 spiro atoms. The Kier molecular flexibility index (Phi) is 7.41. The van der Waals surface area contributed by atoms with Crippen LogP contribution in [0.4, 0.5) is 5.82 Å². The minimum Gasteiger partial charge on any atom is -0.368 e. The van der Waals surface area contributed by atoms with Gasteiger partial charge in [-0.25, -0.2) is 9.97 Å². The zero-order valence-electron chi connectivity index (χ0n) is 22.1. The average Bonchev–Trinajstić information content (AvgIpc) is 3.40. The molecule has 0 atom stereocenters. The maximum Gasteiger partial charge on any atom is 0.278 e. The van der Waals surface area contributed by atoms with E-state index in [0.29, 0.717) is 41.5 Å². The number of carbonyl (C=O) groups is 3. The fourth-order valence-electron chi connectivity index (χ4n) is 4.52. The number of hydrogen-bond acceptors (Lipinski definition) is 6. The topological polar surface area (TPSA) is 132 Å². The van der Waals surface area contributed by atoms with Crippen LogP contribution in [-0.4, -0.2) is 50.7 Å². The van der Waals surface area contributed by atoms with Crippen molar-refractivity contribution in [3.05, 3.63) is 103 Å². The van der Waals surface area contributed by atoms with E-state index in [1.165, 1.54) is 18.7 Å². The molecule has 0 saturated heterocycles. The van der Waals surface area contributed by atoms with Crippen molar-refractivity contribution in [3.8, 4) is 11.4 Å². The summed E-state index contributed by atoms with van der Waals surface area (Å²) in [7, 11) is 0. The Morgan fingerprint density at radius 1 is 0.875 bits per heavy atom. The number of amides is 3. The lowest BCUT2D eigenvalue weighted by atomic mass is 9.88. The highest BCUT2D eigenvalue weighted by Crippen LogP contribution is 2.30. The van der Waals surface area contributed by atoms with Gasteiger partial charge in [0, 0.05) is 44.9 Å².